The van der Waals surface area contributed by atoms with Gasteiger partial charge >= 0.3 is 11.9 Å². The molecule has 3 heterocycles. The first kappa shape index (κ1) is 19.9. The Balaban J connectivity index is 1.43. The summed E-state index contributed by atoms with van der Waals surface area (Å²) in [6, 6.07) is 3.72. The molecule has 9 heteroatoms. The molecule has 1 saturated heterocycles. The van der Waals surface area contributed by atoms with Crippen molar-refractivity contribution in [3.8, 4) is 10.6 Å². The number of ether oxygens (including phenoxy) is 2. The quantitative estimate of drug-likeness (QED) is 0.677. The van der Waals surface area contributed by atoms with E-state index < -0.39 is 5.97 Å². The average molecular weight is 403 g/mol. The third-order valence-corrected chi connectivity index (χ3v) is 5.46. The fraction of sp³-hybridized carbons (Fsp3) is 0.421. The van der Waals surface area contributed by atoms with E-state index in [1.165, 1.54) is 18.4 Å². The van der Waals surface area contributed by atoms with E-state index in [0.717, 1.165) is 10.6 Å². The van der Waals surface area contributed by atoms with Gasteiger partial charge in [0, 0.05) is 36.4 Å². The van der Waals surface area contributed by atoms with Crippen LogP contribution in [0.5, 0.6) is 0 Å². The minimum Gasteiger partial charge on any atom is -0.469 e. The second-order valence-electron chi connectivity index (χ2n) is 6.40. The lowest BCUT2D eigenvalue weighted by molar-refractivity contribution is -0.153. The maximum absolute atomic E-state index is 12.2. The van der Waals surface area contributed by atoms with Crippen LogP contribution >= 0.6 is 11.3 Å². The molecule has 3 rings (SSSR count). The summed E-state index contributed by atoms with van der Waals surface area (Å²) in [5, 5.41) is 2.57. The van der Waals surface area contributed by atoms with Crippen LogP contribution in [0.2, 0.25) is 0 Å². The molecule has 1 aliphatic heterocycles. The van der Waals surface area contributed by atoms with E-state index in [9.17, 15) is 14.4 Å². The van der Waals surface area contributed by atoms with Crippen LogP contribution in [0.3, 0.4) is 0 Å². The number of piperidine rings is 1. The monoisotopic (exact) mass is 403 g/mol. The van der Waals surface area contributed by atoms with Crippen LogP contribution in [-0.4, -0.2) is 59.5 Å². The molecule has 0 unspecified atom stereocenters. The normalized spacial score (nSPS) is 14.5. The van der Waals surface area contributed by atoms with Gasteiger partial charge < -0.3 is 14.4 Å². The van der Waals surface area contributed by atoms with Crippen molar-refractivity contribution in [1.82, 2.24) is 14.9 Å². The topological polar surface area (TPSA) is 98.7 Å². The molecular weight excluding hydrogens is 382 g/mol. The molecule has 0 spiro atoms. The summed E-state index contributed by atoms with van der Waals surface area (Å²) in [7, 11) is 1.36. The Labute approximate surface area is 166 Å². The smallest absolute Gasteiger partial charge is 0.312 e. The Bertz CT molecular complexity index is 831. The number of thiazole rings is 1. The van der Waals surface area contributed by atoms with E-state index in [2.05, 4.69) is 9.97 Å². The Morgan fingerprint density at radius 2 is 2.07 bits per heavy atom. The first-order valence-corrected chi connectivity index (χ1v) is 9.81. The molecule has 1 amide bonds. The molecule has 2 aromatic rings. The lowest BCUT2D eigenvalue weighted by Crippen LogP contribution is -2.42. The molecular formula is C19H21N3O5S. The number of amides is 1. The number of aromatic nitrogens is 2. The van der Waals surface area contributed by atoms with Gasteiger partial charge in [-0.2, -0.15) is 0 Å². The summed E-state index contributed by atoms with van der Waals surface area (Å²) in [6.45, 7) is 0.606. The van der Waals surface area contributed by atoms with Gasteiger partial charge in [-0.15, -0.1) is 11.3 Å². The fourth-order valence-corrected chi connectivity index (χ4v) is 3.78. The highest BCUT2D eigenvalue weighted by Crippen LogP contribution is 2.23. The maximum atomic E-state index is 12.2. The largest absolute Gasteiger partial charge is 0.469 e. The van der Waals surface area contributed by atoms with Crippen LogP contribution in [0, 0.1) is 5.92 Å². The van der Waals surface area contributed by atoms with Crippen molar-refractivity contribution in [2.45, 2.75) is 19.3 Å². The van der Waals surface area contributed by atoms with Crippen molar-refractivity contribution in [3.63, 3.8) is 0 Å². The molecule has 0 radical (unpaired) electrons. The fourth-order valence-electron chi connectivity index (χ4n) is 2.97. The third kappa shape index (κ3) is 5.13. The minimum atomic E-state index is -0.499. The highest BCUT2D eigenvalue weighted by molar-refractivity contribution is 7.13. The number of hydrogen-bond acceptors (Lipinski definition) is 8. The summed E-state index contributed by atoms with van der Waals surface area (Å²) >= 11 is 1.42. The van der Waals surface area contributed by atoms with Crippen molar-refractivity contribution < 1.29 is 23.9 Å². The zero-order valence-corrected chi connectivity index (χ0v) is 16.3. The van der Waals surface area contributed by atoms with Crippen LogP contribution in [0.1, 0.15) is 18.5 Å². The summed E-state index contributed by atoms with van der Waals surface area (Å²) in [5.74, 6) is -1.17. The summed E-state index contributed by atoms with van der Waals surface area (Å²) < 4.78 is 9.83. The maximum Gasteiger partial charge on any atom is 0.312 e. The number of nitrogens with zero attached hydrogens (tertiary/aromatic N) is 3. The zero-order chi connectivity index (χ0) is 19.9. The second-order valence-corrected chi connectivity index (χ2v) is 7.26. The van der Waals surface area contributed by atoms with Crippen LogP contribution in [0.4, 0.5) is 0 Å². The molecule has 0 saturated carbocycles. The third-order valence-electron chi connectivity index (χ3n) is 4.52. The van der Waals surface area contributed by atoms with Gasteiger partial charge in [0.2, 0.25) is 0 Å². The lowest BCUT2D eigenvalue weighted by Gasteiger charge is -2.30. The Morgan fingerprint density at radius 3 is 2.75 bits per heavy atom. The first-order chi connectivity index (χ1) is 13.6. The van der Waals surface area contributed by atoms with Crippen molar-refractivity contribution in [1.29, 1.82) is 0 Å². The number of pyridine rings is 1. The SMILES string of the molecule is COC(=O)C1CCN(C(=O)COC(=O)Cc2csc(-c3cccnc3)n2)CC1. The first-order valence-electron chi connectivity index (χ1n) is 8.93. The van der Waals surface area contributed by atoms with Crippen molar-refractivity contribution >= 4 is 29.2 Å². The Morgan fingerprint density at radius 1 is 1.29 bits per heavy atom. The van der Waals surface area contributed by atoms with Gasteiger partial charge in [-0.05, 0) is 25.0 Å². The van der Waals surface area contributed by atoms with Gasteiger partial charge in [0.05, 0.1) is 25.1 Å². The molecule has 148 valence electrons. The molecule has 2 aromatic heterocycles. The summed E-state index contributed by atoms with van der Waals surface area (Å²) in [6.07, 6.45) is 4.52. The number of carbonyl (C=O) groups is 3. The van der Waals surface area contributed by atoms with Crippen LogP contribution in [-0.2, 0) is 30.3 Å². The van der Waals surface area contributed by atoms with E-state index >= 15 is 0 Å². The number of methoxy groups -OCH3 is 1. The van der Waals surface area contributed by atoms with E-state index in [4.69, 9.17) is 9.47 Å². The Kier molecular flexibility index (Phi) is 6.70. The van der Waals surface area contributed by atoms with Gasteiger partial charge in [-0.3, -0.25) is 19.4 Å². The number of likely N-dealkylation sites (tertiary alicyclic amines) is 1. The second kappa shape index (κ2) is 9.41. The van der Waals surface area contributed by atoms with E-state index in [1.54, 1.807) is 22.7 Å². The zero-order valence-electron chi connectivity index (χ0n) is 15.5. The molecule has 1 fully saturated rings. The molecule has 0 atom stereocenters. The molecule has 0 bridgehead atoms. The van der Waals surface area contributed by atoms with Gasteiger partial charge in [0.1, 0.15) is 5.01 Å². The number of carbonyl (C=O) groups excluding carboxylic acids is 3. The van der Waals surface area contributed by atoms with Crippen molar-refractivity contribution in [2.24, 2.45) is 5.92 Å². The molecule has 28 heavy (non-hydrogen) atoms. The highest BCUT2D eigenvalue weighted by atomic mass is 32.1. The minimum absolute atomic E-state index is 0.00839. The molecule has 0 aromatic carbocycles. The van der Waals surface area contributed by atoms with Gasteiger partial charge in [0.15, 0.2) is 6.61 Å². The molecule has 0 aliphatic carbocycles. The van der Waals surface area contributed by atoms with Crippen LogP contribution in [0.25, 0.3) is 10.6 Å². The summed E-state index contributed by atoms with van der Waals surface area (Å²) in [5.41, 5.74) is 1.48. The van der Waals surface area contributed by atoms with Gasteiger partial charge in [-0.25, -0.2) is 4.98 Å². The molecule has 8 nitrogen and oxygen atoms in total. The van der Waals surface area contributed by atoms with Gasteiger partial charge in [0.25, 0.3) is 5.91 Å². The van der Waals surface area contributed by atoms with Crippen LogP contribution < -0.4 is 0 Å². The molecule has 1 aliphatic rings. The van der Waals surface area contributed by atoms with E-state index in [1.807, 2.05) is 12.1 Å². The number of esters is 2. The van der Waals surface area contributed by atoms with E-state index in [0.29, 0.717) is 31.6 Å². The predicted molar refractivity (Wildman–Crippen MR) is 101 cm³/mol. The molecule has 0 N–H and O–H groups in total. The lowest BCUT2D eigenvalue weighted by atomic mass is 9.97. The van der Waals surface area contributed by atoms with Crippen LogP contribution in [0.15, 0.2) is 29.9 Å². The van der Waals surface area contributed by atoms with E-state index in [-0.39, 0.29) is 30.8 Å². The number of hydrogen-bond donors (Lipinski definition) is 0. The standard InChI is InChI=1S/C19H21N3O5S/c1-26-19(25)13-4-7-22(8-5-13)16(23)11-27-17(24)9-15-12-28-18(21-15)14-3-2-6-20-10-14/h2-3,6,10,12-13H,4-5,7-9,11H2,1H3. The predicted octanol–water partition coefficient (Wildman–Crippen LogP) is 1.70. The summed E-state index contributed by atoms with van der Waals surface area (Å²) in [4.78, 5) is 45.8. The van der Waals surface area contributed by atoms with Crippen molar-refractivity contribution in [3.05, 3.63) is 35.6 Å². The average Bonchev–Trinajstić information content (AvgIpc) is 3.20. The number of rotatable bonds is 6. The van der Waals surface area contributed by atoms with Gasteiger partial charge in [-0.1, -0.05) is 0 Å². The highest BCUT2D eigenvalue weighted by Gasteiger charge is 2.28. The Hall–Kier alpha value is -2.81. The van der Waals surface area contributed by atoms with Crippen molar-refractivity contribution in [2.75, 3.05) is 26.8 Å².